The van der Waals surface area contributed by atoms with E-state index in [4.69, 9.17) is 9.90 Å². The van der Waals surface area contributed by atoms with Crippen molar-refractivity contribution in [3.8, 4) is 0 Å². The highest BCUT2D eigenvalue weighted by Crippen LogP contribution is 2.15. The van der Waals surface area contributed by atoms with Crippen LogP contribution in [-0.2, 0) is 4.79 Å². The fourth-order valence-corrected chi connectivity index (χ4v) is 2.25. The van der Waals surface area contributed by atoms with E-state index in [1.165, 1.54) is 58.2 Å². The highest BCUT2D eigenvalue weighted by atomic mass is 16.4. The first-order valence-corrected chi connectivity index (χ1v) is 6.98. The summed E-state index contributed by atoms with van der Waals surface area (Å²) in [5, 5.41) is 7.42. The minimum atomic E-state index is -0.833. The van der Waals surface area contributed by atoms with Gasteiger partial charge in [-0.15, -0.1) is 0 Å². The Labute approximate surface area is 106 Å². The summed E-state index contributed by atoms with van der Waals surface area (Å²) in [7, 11) is 0. The number of hydrogen-bond donors (Lipinski definition) is 1. The molecule has 0 radical (unpaired) electrons. The Morgan fingerprint density at radius 2 is 2.00 bits per heavy atom. The lowest BCUT2D eigenvalue weighted by atomic mass is 10.00. The smallest absolute Gasteiger partial charge is 0.300 e. The Hall–Kier alpha value is -0.570. The third-order valence-electron chi connectivity index (χ3n) is 3.07. The van der Waals surface area contributed by atoms with Gasteiger partial charge in [0.15, 0.2) is 0 Å². The van der Waals surface area contributed by atoms with Crippen LogP contribution in [0.2, 0.25) is 0 Å². The molecule has 1 saturated heterocycles. The molecule has 3 nitrogen and oxygen atoms in total. The third-order valence-corrected chi connectivity index (χ3v) is 3.07. The number of nitrogens with zero attached hydrogens (tertiary/aromatic N) is 1. The Bertz CT molecular complexity index is 191. The second kappa shape index (κ2) is 10.6. The second-order valence-corrected chi connectivity index (χ2v) is 5.13. The van der Waals surface area contributed by atoms with Gasteiger partial charge >= 0.3 is 0 Å². The van der Waals surface area contributed by atoms with E-state index in [-0.39, 0.29) is 0 Å². The predicted molar refractivity (Wildman–Crippen MR) is 72.3 cm³/mol. The van der Waals surface area contributed by atoms with Crippen molar-refractivity contribution in [2.45, 2.75) is 59.3 Å². The molecule has 17 heavy (non-hydrogen) atoms. The largest absolute Gasteiger partial charge is 0.481 e. The maximum Gasteiger partial charge on any atom is 0.300 e. The van der Waals surface area contributed by atoms with Crippen LogP contribution < -0.4 is 0 Å². The topological polar surface area (TPSA) is 40.5 Å². The van der Waals surface area contributed by atoms with Gasteiger partial charge in [-0.3, -0.25) is 4.79 Å². The zero-order chi connectivity index (χ0) is 13.1. The number of likely N-dealkylation sites (tertiary alicyclic amines) is 1. The summed E-state index contributed by atoms with van der Waals surface area (Å²) in [6.45, 7) is 9.81. The van der Waals surface area contributed by atoms with Crippen molar-refractivity contribution >= 4 is 5.97 Å². The van der Waals surface area contributed by atoms with E-state index in [0.717, 1.165) is 12.8 Å². The number of carboxylic acid groups (broad SMARTS) is 1. The number of carboxylic acids is 1. The van der Waals surface area contributed by atoms with Crippen LogP contribution in [0.5, 0.6) is 0 Å². The zero-order valence-electron chi connectivity index (χ0n) is 11.7. The summed E-state index contributed by atoms with van der Waals surface area (Å²) in [6.07, 6.45) is 8.50. The molecule has 0 saturated carbocycles. The maximum atomic E-state index is 9.00. The summed E-state index contributed by atoms with van der Waals surface area (Å²) in [6, 6.07) is 0. The first-order valence-electron chi connectivity index (χ1n) is 6.98. The molecule has 1 heterocycles. The molecule has 0 aromatic heterocycles. The second-order valence-electron chi connectivity index (χ2n) is 5.13. The zero-order valence-corrected chi connectivity index (χ0v) is 11.7. The van der Waals surface area contributed by atoms with E-state index in [1.54, 1.807) is 0 Å². The first-order chi connectivity index (χ1) is 8.06. The fraction of sp³-hybridized carbons (Fsp3) is 0.929. The average Bonchev–Trinajstić information content (AvgIpc) is 2.24. The first kappa shape index (κ1) is 16.4. The molecule has 0 aromatic rings. The van der Waals surface area contributed by atoms with Crippen LogP contribution in [0.3, 0.4) is 0 Å². The molecular formula is C14H29NO2. The molecule has 1 fully saturated rings. The van der Waals surface area contributed by atoms with Gasteiger partial charge in [-0.25, -0.2) is 0 Å². The molecule has 0 aromatic carbocycles. The van der Waals surface area contributed by atoms with Gasteiger partial charge in [-0.1, -0.05) is 33.1 Å². The van der Waals surface area contributed by atoms with Gasteiger partial charge in [0.1, 0.15) is 0 Å². The van der Waals surface area contributed by atoms with E-state index >= 15 is 0 Å². The molecule has 0 spiro atoms. The minimum Gasteiger partial charge on any atom is -0.481 e. The van der Waals surface area contributed by atoms with Gasteiger partial charge in [0.05, 0.1) is 0 Å². The normalized spacial score (nSPS) is 20.5. The molecule has 1 rings (SSSR count). The van der Waals surface area contributed by atoms with Crippen LogP contribution in [0.25, 0.3) is 0 Å². The van der Waals surface area contributed by atoms with Crippen molar-refractivity contribution < 1.29 is 9.90 Å². The fourth-order valence-electron chi connectivity index (χ4n) is 2.25. The Morgan fingerprint density at radius 3 is 2.53 bits per heavy atom. The quantitative estimate of drug-likeness (QED) is 0.752. The summed E-state index contributed by atoms with van der Waals surface area (Å²) >= 11 is 0. The Balaban J connectivity index is 0.000000557. The van der Waals surface area contributed by atoms with Crippen LogP contribution in [0.1, 0.15) is 59.3 Å². The molecule has 1 aliphatic rings. The molecule has 1 unspecified atom stereocenters. The standard InChI is InChI=1S/C12H25N.C2H4O2/c1-3-4-5-6-9-13-10-7-8-12(2)11-13;1-2(3)4/h12H,3-11H2,1-2H3;1H3,(H,3,4). The van der Waals surface area contributed by atoms with Crippen LogP contribution in [0.4, 0.5) is 0 Å². The Kier molecular flexibility index (Phi) is 10.2. The number of hydrogen-bond acceptors (Lipinski definition) is 2. The number of aliphatic carboxylic acids is 1. The van der Waals surface area contributed by atoms with Crippen LogP contribution in [-0.4, -0.2) is 35.6 Å². The average molecular weight is 243 g/mol. The van der Waals surface area contributed by atoms with Crippen molar-refractivity contribution in [2.24, 2.45) is 5.92 Å². The van der Waals surface area contributed by atoms with E-state index in [9.17, 15) is 0 Å². The van der Waals surface area contributed by atoms with Crippen molar-refractivity contribution in [1.29, 1.82) is 0 Å². The predicted octanol–water partition coefficient (Wildman–Crippen LogP) is 3.39. The molecule has 0 amide bonds. The van der Waals surface area contributed by atoms with Gasteiger partial charge in [0, 0.05) is 13.5 Å². The van der Waals surface area contributed by atoms with Crippen LogP contribution >= 0.6 is 0 Å². The highest BCUT2D eigenvalue weighted by molar-refractivity contribution is 5.62. The van der Waals surface area contributed by atoms with Crippen LogP contribution in [0, 0.1) is 5.92 Å². The van der Waals surface area contributed by atoms with Gasteiger partial charge in [-0.2, -0.15) is 0 Å². The van der Waals surface area contributed by atoms with E-state index in [2.05, 4.69) is 18.7 Å². The minimum absolute atomic E-state index is 0.833. The van der Waals surface area contributed by atoms with E-state index < -0.39 is 5.97 Å². The van der Waals surface area contributed by atoms with Crippen molar-refractivity contribution in [2.75, 3.05) is 19.6 Å². The van der Waals surface area contributed by atoms with Crippen molar-refractivity contribution in [3.63, 3.8) is 0 Å². The monoisotopic (exact) mass is 243 g/mol. The van der Waals surface area contributed by atoms with Crippen LogP contribution in [0.15, 0.2) is 0 Å². The number of rotatable bonds is 5. The number of unbranched alkanes of at least 4 members (excludes halogenated alkanes) is 3. The number of carbonyl (C=O) groups is 1. The van der Waals surface area contributed by atoms with Gasteiger partial charge < -0.3 is 10.0 Å². The molecule has 102 valence electrons. The van der Waals surface area contributed by atoms with Gasteiger partial charge in [0.25, 0.3) is 5.97 Å². The summed E-state index contributed by atoms with van der Waals surface area (Å²) in [5.41, 5.74) is 0. The molecule has 1 atom stereocenters. The molecule has 3 heteroatoms. The van der Waals surface area contributed by atoms with E-state index in [0.29, 0.717) is 0 Å². The van der Waals surface area contributed by atoms with Crippen molar-refractivity contribution in [3.05, 3.63) is 0 Å². The van der Waals surface area contributed by atoms with Gasteiger partial charge in [-0.05, 0) is 38.3 Å². The summed E-state index contributed by atoms with van der Waals surface area (Å²) in [5.74, 6) is 0.111. The third kappa shape index (κ3) is 11.7. The summed E-state index contributed by atoms with van der Waals surface area (Å²) < 4.78 is 0. The molecule has 0 aliphatic carbocycles. The SMILES string of the molecule is CC(=O)O.CCCCCCN1CCCC(C)C1. The summed E-state index contributed by atoms with van der Waals surface area (Å²) in [4.78, 5) is 11.7. The van der Waals surface area contributed by atoms with Gasteiger partial charge in [0.2, 0.25) is 0 Å². The maximum absolute atomic E-state index is 9.00. The molecule has 1 aliphatic heterocycles. The molecule has 0 bridgehead atoms. The highest BCUT2D eigenvalue weighted by Gasteiger charge is 2.14. The Morgan fingerprint density at radius 1 is 1.35 bits per heavy atom. The number of piperidine rings is 1. The lowest BCUT2D eigenvalue weighted by Gasteiger charge is -2.30. The lowest BCUT2D eigenvalue weighted by Crippen LogP contribution is -2.34. The molecular weight excluding hydrogens is 214 g/mol. The van der Waals surface area contributed by atoms with E-state index in [1.807, 2.05) is 0 Å². The molecule has 1 N–H and O–H groups in total. The van der Waals surface area contributed by atoms with Crippen molar-refractivity contribution in [1.82, 2.24) is 4.90 Å². The lowest BCUT2D eigenvalue weighted by molar-refractivity contribution is -0.134.